The lowest BCUT2D eigenvalue weighted by atomic mass is 9.91. The molecule has 0 bridgehead atoms. The topological polar surface area (TPSA) is 54.1 Å². The zero-order valence-corrected chi connectivity index (χ0v) is 38.6. The summed E-state index contributed by atoms with van der Waals surface area (Å²) in [6.07, 6.45) is 0. The fraction of sp³-hybridized carbons (Fsp3) is 0. The third kappa shape index (κ3) is 7.99. The molecule has 0 unspecified atom stereocenters. The van der Waals surface area contributed by atoms with E-state index in [0.717, 1.165) is 111 Å². The number of nitrogens with zero attached hydrogens (tertiary/aromatic N) is 4. The highest BCUT2D eigenvalue weighted by Gasteiger charge is 2.24. The van der Waals surface area contributed by atoms with Gasteiger partial charge in [0.05, 0.1) is 34.6 Å². The first-order valence-corrected chi connectivity index (χ1v) is 23.6. The molecule has 338 valence electrons. The van der Waals surface area contributed by atoms with Crippen molar-refractivity contribution in [2.45, 2.75) is 0 Å². The van der Waals surface area contributed by atoms with Gasteiger partial charge in [-0.2, -0.15) is 10.5 Å². The minimum absolute atomic E-state index is 0.306. The number of benzene rings is 12. The third-order valence-corrected chi connectivity index (χ3v) is 13.5. The molecule has 0 aliphatic rings. The van der Waals surface area contributed by atoms with E-state index in [0.29, 0.717) is 11.1 Å². The molecule has 72 heavy (non-hydrogen) atoms. The molecule has 0 fully saturated rings. The summed E-state index contributed by atoms with van der Waals surface area (Å²) in [4.78, 5) is 4.44. The molecule has 0 N–H and O–H groups in total. The average molecular weight is 927 g/mol. The first-order valence-electron chi connectivity index (χ1n) is 23.6. The Bertz CT molecular complexity index is 3820. The van der Waals surface area contributed by atoms with E-state index in [1.165, 1.54) is 24.3 Å². The van der Waals surface area contributed by atoms with Gasteiger partial charge >= 0.3 is 0 Å². The number of anilines is 6. The zero-order chi connectivity index (χ0) is 48.7. The molecule has 12 aromatic carbocycles. The summed E-state index contributed by atoms with van der Waals surface area (Å²) >= 11 is 0. The molecule has 0 aromatic heterocycles. The van der Waals surface area contributed by atoms with Crippen LogP contribution < -0.4 is 9.80 Å². The quantitative estimate of drug-likeness (QED) is 0.128. The molecule has 0 aliphatic heterocycles. The van der Waals surface area contributed by atoms with Gasteiger partial charge in [-0.3, -0.25) is 0 Å². The van der Waals surface area contributed by atoms with Crippen LogP contribution in [0.25, 0.3) is 76.8 Å². The van der Waals surface area contributed by atoms with E-state index in [9.17, 15) is 19.3 Å². The Hall–Kier alpha value is -9.88. The molecule has 4 nitrogen and oxygen atoms in total. The molecule has 0 aliphatic carbocycles. The molecule has 12 aromatic rings. The molecule has 0 radical (unpaired) electrons. The van der Waals surface area contributed by atoms with Crippen LogP contribution in [-0.2, 0) is 0 Å². The Morgan fingerprint density at radius 3 is 1.03 bits per heavy atom. The Kier molecular flexibility index (Phi) is 11.0. The minimum Gasteiger partial charge on any atom is -0.310 e. The highest BCUT2D eigenvalue weighted by atomic mass is 19.1. The predicted octanol–water partition coefficient (Wildman–Crippen LogP) is 18.2. The van der Waals surface area contributed by atoms with Crippen molar-refractivity contribution in [3.8, 4) is 56.6 Å². The maximum atomic E-state index is 14.4. The summed E-state index contributed by atoms with van der Waals surface area (Å²) in [5.41, 5.74) is 13.8. The monoisotopic (exact) mass is 926 g/mol. The number of rotatable bonds is 10. The van der Waals surface area contributed by atoms with Gasteiger partial charge in [-0.1, -0.05) is 133 Å². The molecule has 12 rings (SSSR count). The number of nitriles is 2. The van der Waals surface area contributed by atoms with E-state index in [2.05, 4.69) is 131 Å². The van der Waals surface area contributed by atoms with Crippen molar-refractivity contribution >= 4 is 66.4 Å². The van der Waals surface area contributed by atoms with Crippen LogP contribution in [0, 0.1) is 34.3 Å². The molecular formula is C66H40F2N4. The lowest BCUT2D eigenvalue weighted by Crippen LogP contribution is -2.12. The van der Waals surface area contributed by atoms with Crippen molar-refractivity contribution in [3.05, 3.63) is 265 Å². The van der Waals surface area contributed by atoms with Crippen molar-refractivity contribution in [2.75, 3.05) is 9.80 Å². The van der Waals surface area contributed by atoms with Gasteiger partial charge in [0, 0.05) is 33.5 Å². The third-order valence-electron chi connectivity index (χ3n) is 13.5. The Balaban J connectivity index is 1.11. The Morgan fingerprint density at radius 1 is 0.292 bits per heavy atom. The molecular weight excluding hydrogens is 887 g/mol. The second-order valence-electron chi connectivity index (χ2n) is 17.9. The van der Waals surface area contributed by atoms with E-state index in [1.54, 1.807) is 24.3 Å². The maximum absolute atomic E-state index is 14.4. The highest BCUT2D eigenvalue weighted by Crippen LogP contribution is 2.49. The van der Waals surface area contributed by atoms with Gasteiger partial charge in [0.15, 0.2) is 0 Å². The van der Waals surface area contributed by atoms with Crippen LogP contribution in [0.15, 0.2) is 243 Å². The normalized spacial score (nSPS) is 11.2. The molecule has 6 heteroatoms. The lowest BCUT2D eigenvalue weighted by Gasteiger charge is -2.30. The SMILES string of the molecule is N#Cc1cccc(N(c2cc(-c3ccccc3)cc(-c3ccc(F)cc3)c2)c2ccc3ccc4c(N(c5cccc(C#N)c5)c5cc(-c6ccccc6)cc(-c6ccc(F)cc6)c5)ccc5ccc2c3c54)c1. The van der Waals surface area contributed by atoms with Gasteiger partial charge in [0.2, 0.25) is 0 Å². The second-order valence-corrected chi connectivity index (χ2v) is 17.9. The summed E-state index contributed by atoms with van der Waals surface area (Å²) in [6.45, 7) is 0. The average Bonchev–Trinajstić information content (AvgIpc) is 3.44. The van der Waals surface area contributed by atoms with Gasteiger partial charge < -0.3 is 9.80 Å². The van der Waals surface area contributed by atoms with Gasteiger partial charge in [-0.05, 0) is 175 Å². The van der Waals surface area contributed by atoms with Crippen LogP contribution in [0.4, 0.5) is 42.9 Å². The van der Waals surface area contributed by atoms with E-state index in [4.69, 9.17) is 0 Å². The molecule has 0 saturated heterocycles. The lowest BCUT2D eigenvalue weighted by molar-refractivity contribution is 0.627. The van der Waals surface area contributed by atoms with Gasteiger partial charge in [0.25, 0.3) is 0 Å². The Labute approximate surface area is 415 Å². The largest absolute Gasteiger partial charge is 0.310 e. The van der Waals surface area contributed by atoms with E-state index < -0.39 is 0 Å². The van der Waals surface area contributed by atoms with E-state index >= 15 is 0 Å². The van der Waals surface area contributed by atoms with Crippen molar-refractivity contribution in [1.29, 1.82) is 10.5 Å². The number of halogens is 2. The molecule has 0 heterocycles. The molecule has 0 atom stereocenters. The van der Waals surface area contributed by atoms with Crippen molar-refractivity contribution < 1.29 is 8.78 Å². The van der Waals surface area contributed by atoms with E-state index in [1.807, 2.05) is 84.9 Å². The Morgan fingerprint density at radius 2 is 0.653 bits per heavy atom. The molecule has 0 amide bonds. The highest BCUT2D eigenvalue weighted by molar-refractivity contribution is 6.28. The van der Waals surface area contributed by atoms with E-state index in [-0.39, 0.29) is 11.6 Å². The summed E-state index contributed by atoms with van der Waals surface area (Å²) in [5.74, 6) is -0.613. The van der Waals surface area contributed by atoms with Crippen LogP contribution in [0.2, 0.25) is 0 Å². The summed E-state index contributed by atoms with van der Waals surface area (Å²) in [5, 5.41) is 26.7. The number of hydrogen-bond acceptors (Lipinski definition) is 4. The zero-order valence-electron chi connectivity index (χ0n) is 38.6. The van der Waals surface area contributed by atoms with Crippen LogP contribution in [-0.4, -0.2) is 0 Å². The fourth-order valence-electron chi connectivity index (χ4n) is 10.1. The van der Waals surface area contributed by atoms with Crippen molar-refractivity contribution in [2.24, 2.45) is 0 Å². The van der Waals surface area contributed by atoms with Gasteiger partial charge in [-0.15, -0.1) is 0 Å². The minimum atomic E-state index is -0.306. The fourth-order valence-corrected chi connectivity index (χ4v) is 10.1. The van der Waals surface area contributed by atoms with Crippen LogP contribution in [0.5, 0.6) is 0 Å². The van der Waals surface area contributed by atoms with Crippen LogP contribution in [0.3, 0.4) is 0 Å². The summed E-state index contributed by atoms with van der Waals surface area (Å²) in [7, 11) is 0. The van der Waals surface area contributed by atoms with Crippen molar-refractivity contribution in [3.63, 3.8) is 0 Å². The van der Waals surface area contributed by atoms with Gasteiger partial charge in [-0.25, -0.2) is 8.78 Å². The molecule has 0 saturated carbocycles. The van der Waals surface area contributed by atoms with Gasteiger partial charge in [0.1, 0.15) is 11.6 Å². The first-order chi connectivity index (χ1) is 35.4. The first kappa shape index (κ1) is 43.4. The second kappa shape index (κ2) is 18.2. The smallest absolute Gasteiger partial charge is 0.123 e. The van der Waals surface area contributed by atoms with Crippen LogP contribution >= 0.6 is 0 Å². The van der Waals surface area contributed by atoms with Crippen molar-refractivity contribution in [1.82, 2.24) is 0 Å². The summed E-state index contributed by atoms with van der Waals surface area (Å²) < 4.78 is 28.7. The summed E-state index contributed by atoms with van der Waals surface area (Å²) in [6, 6.07) is 83.9. The molecule has 0 spiro atoms. The standard InChI is InChI=1S/C66H40F2N4/c67-55-25-17-47(18-26-55)53-35-51(45-11-3-1-4-12-45)37-59(39-53)71(57-15-7-9-43(33-57)41-69)63-31-23-49-22-30-62-64(32-24-50-21-29-61(63)65(49)66(50)62)72(58-16-8-10-44(34-58)42-70)60-38-52(46-13-5-2-6-14-46)36-54(40-60)48-19-27-56(68)28-20-48/h1-40H. The van der Waals surface area contributed by atoms with Crippen LogP contribution in [0.1, 0.15) is 11.1 Å². The predicted molar refractivity (Wildman–Crippen MR) is 291 cm³/mol. The maximum Gasteiger partial charge on any atom is 0.123 e. The number of hydrogen-bond donors (Lipinski definition) is 0.